The monoisotopic (exact) mass is 833 g/mol. The van der Waals surface area contributed by atoms with E-state index in [0.29, 0.717) is 41.4 Å². The number of allylic oxidation sites excluding steroid dienone is 1. The smallest absolute Gasteiger partial charge is 0.409 e. The second-order valence-electron chi connectivity index (χ2n) is 15.9. The fraction of sp³-hybridized carbons (Fsp3) is 0.417. The number of rotatable bonds is 19. The third-order valence-corrected chi connectivity index (χ3v) is 12.2. The van der Waals surface area contributed by atoms with Crippen LogP contribution in [0.5, 0.6) is 17.2 Å². The van der Waals surface area contributed by atoms with Crippen LogP contribution in [-0.4, -0.2) is 77.1 Å². The first-order valence-corrected chi connectivity index (χ1v) is 21.2. The lowest BCUT2D eigenvalue weighted by atomic mass is 9.55. The molecule has 1 saturated carbocycles. The molecule has 3 aliphatic rings. The van der Waals surface area contributed by atoms with E-state index in [-0.39, 0.29) is 62.9 Å². The van der Waals surface area contributed by atoms with Crippen molar-refractivity contribution < 1.29 is 43.7 Å². The Hall–Kier alpha value is -5.76. The maximum atomic E-state index is 13.7. The summed E-state index contributed by atoms with van der Waals surface area (Å²) in [5.41, 5.74) is 3.10. The number of aliphatic hydroxyl groups is 2. The summed E-state index contributed by atoms with van der Waals surface area (Å²) in [7, 11) is 1.68. The minimum absolute atomic E-state index is 0.0226. The van der Waals surface area contributed by atoms with Gasteiger partial charge in [0.25, 0.3) is 5.69 Å². The van der Waals surface area contributed by atoms with E-state index in [9.17, 15) is 25.1 Å². The Morgan fingerprint density at radius 2 is 1.70 bits per heavy atom. The molecule has 1 fully saturated rings. The zero-order valence-electron chi connectivity index (χ0n) is 34.8. The highest BCUT2D eigenvalue weighted by molar-refractivity contribution is 6.03. The topological polar surface area (TPSA) is 162 Å². The summed E-state index contributed by atoms with van der Waals surface area (Å²) < 4.78 is 26.3. The van der Waals surface area contributed by atoms with Crippen molar-refractivity contribution in [3.05, 3.63) is 130 Å². The van der Waals surface area contributed by atoms with Gasteiger partial charge >= 0.3 is 6.09 Å². The van der Waals surface area contributed by atoms with Crippen molar-refractivity contribution in [2.45, 2.75) is 76.2 Å². The maximum absolute atomic E-state index is 13.7. The number of carbonyl (C=O) groups excluding carboxylic acids is 1. The highest BCUT2D eigenvalue weighted by atomic mass is 16.7. The SMILES string of the molecule is C=CCOC12Oc3ccc(Oc4ccc5ccccc5c4)cc3C3C(CCCCO)C(CCCCO)C=C(C(=NOCc4ccc([N+](=O)[O-])cc4)CC1N(C)C(=O)OCC)C32. The van der Waals surface area contributed by atoms with Crippen molar-refractivity contribution in [2.75, 3.05) is 33.5 Å². The van der Waals surface area contributed by atoms with Gasteiger partial charge in [-0.3, -0.25) is 10.1 Å². The van der Waals surface area contributed by atoms with Crippen molar-refractivity contribution in [3.63, 3.8) is 0 Å². The molecule has 0 bridgehead atoms. The molecular weight excluding hydrogens is 779 g/mol. The number of nitrogens with zero attached hydrogens (tertiary/aromatic N) is 3. The van der Waals surface area contributed by atoms with Crippen molar-refractivity contribution >= 4 is 28.3 Å². The number of benzene rings is 4. The number of amides is 1. The normalized spacial score (nSPS) is 23.2. The van der Waals surface area contributed by atoms with Gasteiger partial charge in [-0.25, -0.2) is 4.79 Å². The first-order chi connectivity index (χ1) is 29.7. The van der Waals surface area contributed by atoms with Gasteiger partial charge in [0.15, 0.2) is 0 Å². The number of fused-ring (bicyclic) bond motifs is 3. The maximum Gasteiger partial charge on any atom is 0.409 e. The number of non-ortho nitro benzene ring substituents is 1. The molecule has 13 nitrogen and oxygen atoms in total. The number of nitro groups is 1. The lowest BCUT2D eigenvalue weighted by Gasteiger charge is -2.59. The third-order valence-electron chi connectivity index (χ3n) is 12.2. The molecule has 13 heteroatoms. The van der Waals surface area contributed by atoms with E-state index in [1.165, 1.54) is 17.0 Å². The number of hydrogen-bond donors (Lipinski definition) is 2. The summed E-state index contributed by atoms with van der Waals surface area (Å²) in [6.07, 6.45) is 8.02. The third kappa shape index (κ3) is 9.29. The average molecular weight is 834 g/mol. The van der Waals surface area contributed by atoms with E-state index in [2.05, 4.69) is 30.9 Å². The summed E-state index contributed by atoms with van der Waals surface area (Å²) >= 11 is 0. The number of ether oxygens (including phenoxy) is 4. The molecule has 1 heterocycles. The molecule has 4 aromatic rings. The second-order valence-corrected chi connectivity index (χ2v) is 15.9. The molecular formula is C48H55N3O10. The Kier molecular flexibility index (Phi) is 14.0. The van der Waals surface area contributed by atoms with Crippen LogP contribution >= 0.6 is 0 Å². The van der Waals surface area contributed by atoms with Gasteiger partial charge in [0, 0.05) is 50.3 Å². The molecule has 0 saturated heterocycles. The van der Waals surface area contributed by atoms with Crippen LogP contribution in [-0.2, 0) is 20.9 Å². The Bertz CT molecular complexity index is 2240. The minimum Gasteiger partial charge on any atom is -0.459 e. The van der Waals surface area contributed by atoms with Crippen LogP contribution in [0.1, 0.15) is 68.9 Å². The molecule has 1 aliphatic heterocycles. The summed E-state index contributed by atoms with van der Waals surface area (Å²) in [6, 6.07) is 25.4. The number of likely N-dealkylation sites (N-methyl/N-ethyl adjacent to an activating group) is 1. The predicted molar refractivity (Wildman–Crippen MR) is 232 cm³/mol. The summed E-state index contributed by atoms with van der Waals surface area (Å²) in [6.45, 7) is 6.23. The van der Waals surface area contributed by atoms with E-state index in [4.69, 9.17) is 28.9 Å². The Morgan fingerprint density at radius 1 is 0.984 bits per heavy atom. The van der Waals surface area contributed by atoms with Crippen LogP contribution in [0.25, 0.3) is 10.8 Å². The van der Waals surface area contributed by atoms with Gasteiger partial charge in [0.2, 0.25) is 5.79 Å². The Labute approximate surface area is 356 Å². The highest BCUT2D eigenvalue weighted by Crippen LogP contribution is 2.62. The van der Waals surface area contributed by atoms with Gasteiger partial charge in [-0.05, 0) is 109 Å². The van der Waals surface area contributed by atoms with Crippen molar-refractivity contribution in [1.82, 2.24) is 4.90 Å². The van der Waals surface area contributed by atoms with E-state index < -0.39 is 28.8 Å². The molecule has 0 radical (unpaired) electrons. The molecule has 2 aliphatic carbocycles. The quantitative estimate of drug-likeness (QED) is 0.0403. The summed E-state index contributed by atoms with van der Waals surface area (Å²) in [4.78, 5) is 32.2. The van der Waals surface area contributed by atoms with Crippen LogP contribution in [0, 0.1) is 27.9 Å². The molecule has 0 spiro atoms. The average Bonchev–Trinajstić information content (AvgIpc) is 3.27. The van der Waals surface area contributed by atoms with Crippen LogP contribution in [0.3, 0.4) is 0 Å². The number of aliphatic hydroxyl groups excluding tert-OH is 2. The molecule has 0 aromatic heterocycles. The summed E-state index contributed by atoms with van der Waals surface area (Å²) in [5, 5.41) is 38.1. The Morgan fingerprint density at radius 3 is 2.43 bits per heavy atom. The van der Waals surface area contributed by atoms with E-state index in [1.54, 1.807) is 32.2 Å². The van der Waals surface area contributed by atoms with Gasteiger partial charge in [-0.15, -0.1) is 6.58 Å². The molecule has 322 valence electrons. The summed E-state index contributed by atoms with van der Waals surface area (Å²) in [5.74, 6) is -0.190. The molecule has 4 aromatic carbocycles. The number of hydrogen-bond acceptors (Lipinski definition) is 11. The van der Waals surface area contributed by atoms with Gasteiger partial charge in [-0.2, -0.15) is 0 Å². The molecule has 6 unspecified atom stereocenters. The number of nitro benzene ring substituents is 1. The van der Waals surface area contributed by atoms with E-state index in [0.717, 1.165) is 47.6 Å². The fourth-order valence-corrected chi connectivity index (χ4v) is 9.41. The van der Waals surface area contributed by atoms with Crippen molar-refractivity contribution in [1.29, 1.82) is 0 Å². The molecule has 61 heavy (non-hydrogen) atoms. The van der Waals surface area contributed by atoms with E-state index >= 15 is 0 Å². The van der Waals surface area contributed by atoms with Crippen molar-refractivity contribution in [2.24, 2.45) is 22.9 Å². The number of oxime groups is 1. The molecule has 1 amide bonds. The van der Waals surface area contributed by atoms with Gasteiger partial charge in [0.1, 0.15) is 29.9 Å². The Balaban J connectivity index is 1.38. The highest BCUT2D eigenvalue weighted by Gasteiger charge is 2.65. The first-order valence-electron chi connectivity index (χ1n) is 21.2. The molecule has 6 atom stereocenters. The lowest BCUT2D eigenvalue weighted by molar-refractivity contribution is -0.384. The van der Waals surface area contributed by atoms with Crippen LogP contribution < -0.4 is 9.47 Å². The zero-order valence-corrected chi connectivity index (χ0v) is 34.8. The minimum atomic E-state index is -1.43. The van der Waals surface area contributed by atoms with Crippen LogP contribution in [0.15, 0.2) is 114 Å². The fourth-order valence-electron chi connectivity index (χ4n) is 9.41. The van der Waals surface area contributed by atoms with Gasteiger partial charge < -0.3 is 38.9 Å². The standard InChI is InChI=1S/C48H55N3O10/c1-4-26-58-48-44(50(3)47(54)57-5-2)30-42(49-59-31-32-16-19-36(20-17-32)51(55)56)40-28-35(14-8-10-24-52)39(15-9-11-25-53)45(46(40)48)41-29-38(22-23-43(41)61-48)60-37-21-18-33-12-6-7-13-34(33)27-37/h4,6-7,12-13,16-23,27-29,35,39,44-46,52-53H,1,5,8-11,14-15,24-26,30-31H2,2-3H3. The number of unbranched alkanes of at least 4 members (excludes halogenated alkanes) is 2. The predicted octanol–water partition coefficient (Wildman–Crippen LogP) is 9.46. The second kappa shape index (κ2) is 19.7. The van der Waals surface area contributed by atoms with Crippen LogP contribution in [0.4, 0.5) is 10.5 Å². The van der Waals surface area contributed by atoms with Crippen molar-refractivity contribution in [3.8, 4) is 17.2 Å². The van der Waals surface area contributed by atoms with E-state index in [1.807, 2.05) is 42.5 Å². The van der Waals surface area contributed by atoms with Gasteiger partial charge in [-0.1, -0.05) is 60.5 Å². The molecule has 2 N–H and O–H groups in total. The zero-order chi connectivity index (χ0) is 42.9. The van der Waals surface area contributed by atoms with Crippen LogP contribution in [0.2, 0.25) is 0 Å². The largest absolute Gasteiger partial charge is 0.459 e. The molecule has 7 rings (SSSR count). The first kappa shape index (κ1) is 43.3. The lowest BCUT2D eigenvalue weighted by Crippen LogP contribution is -2.69. The van der Waals surface area contributed by atoms with Gasteiger partial charge in [0.05, 0.1) is 29.8 Å². The number of carbonyl (C=O) groups is 1.